The van der Waals surface area contributed by atoms with Gasteiger partial charge in [-0.05, 0) is 20.8 Å². The van der Waals surface area contributed by atoms with Gasteiger partial charge < -0.3 is 10.2 Å². The summed E-state index contributed by atoms with van der Waals surface area (Å²) in [6, 6.07) is 0.0151. The summed E-state index contributed by atoms with van der Waals surface area (Å²) in [5.41, 5.74) is 0. The monoisotopic (exact) mass is 211 g/mol. The second-order valence-corrected chi connectivity index (χ2v) is 3.80. The van der Waals surface area contributed by atoms with E-state index in [4.69, 9.17) is 0 Å². The molecule has 0 bridgehead atoms. The van der Waals surface area contributed by atoms with E-state index in [1.807, 2.05) is 20.8 Å². The maximum Gasteiger partial charge on any atom is 0.317 e. The van der Waals surface area contributed by atoms with Gasteiger partial charge in [0.15, 0.2) is 5.82 Å². The van der Waals surface area contributed by atoms with Crippen LogP contribution in [0.25, 0.3) is 0 Å². The summed E-state index contributed by atoms with van der Waals surface area (Å²) >= 11 is 0. The fraction of sp³-hybridized carbons (Fsp3) is 0.667. The van der Waals surface area contributed by atoms with Crippen molar-refractivity contribution in [3.8, 4) is 0 Å². The minimum atomic E-state index is -0.118. The molecule has 0 spiro atoms. The summed E-state index contributed by atoms with van der Waals surface area (Å²) in [6.07, 6.45) is 0. The Kier molecular flexibility index (Phi) is 3.65. The molecule has 1 rings (SSSR count). The highest BCUT2D eigenvalue weighted by atomic mass is 16.2. The normalized spacial score (nSPS) is 10.5. The molecule has 6 heteroatoms. The highest BCUT2D eigenvalue weighted by molar-refractivity contribution is 5.73. The van der Waals surface area contributed by atoms with E-state index in [0.717, 1.165) is 5.82 Å². The molecule has 0 unspecified atom stereocenters. The number of nitrogens with zero attached hydrogens (tertiary/aromatic N) is 3. The zero-order chi connectivity index (χ0) is 11.4. The molecule has 2 N–H and O–H groups in total. The Morgan fingerprint density at radius 2 is 2.27 bits per heavy atom. The third kappa shape index (κ3) is 3.57. The number of nitrogens with one attached hydrogen (secondary N) is 2. The first-order valence-corrected chi connectivity index (χ1v) is 4.88. The van der Waals surface area contributed by atoms with Crippen LogP contribution in [0.1, 0.15) is 25.5 Å². The molecule has 0 aromatic carbocycles. The van der Waals surface area contributed by atoms with Crippen LogP contribution >= 0.6 is 0 Å². The molecular weight excluding hydrogens is 194 g/mol. The summed E-state index contributed by atoms with van der Waals surface area (Å²) in [5.74, 6) is 1.37. The molecule has 2 amide bonds. The average molecular weight is 211 g/mol. The van der Waals surface area contributed by atoms with Crippen molar-refractivity contribution in [2.75, 3.05) is 7.05 Å². The van der Waals surface area contributed by atoms with Gasteiger partial charge in [-0.3, -0.25) is 5.10 Å². The number of amides is 2. The van der Waals surface area contributed by atoms with Gasteiger partial charge in [0.2, 0.25) is 0 Å². The number of rotatable bonds is 3. The highest BCUT2D eigenvalue weighted by Crippen LogP contribution is 1.97. The molecule has 0 radical (unpaired) electrons. The summed E-state index contributed by atoms with van der Waals surface area (Å²) in [5, 5.41) is 9.48. The summed E-state index contributed by atoms with van der Waals surface area (Å²) in [7, 11) is 1.71. The number of aryl methyl sites for hydroxylation is 1. The first-order valence-electron chi connectivity index (χ1n) is 4.88. The van der Waals surface area contributed by atoms with Crippen molar-refractivity contribution in [3.63, 3.8) is 0 Å². The molecule has 1 aromatic heterocycles. The van der Waals surface area contributed by atoms with E-state index in [1.54, 1.807) is 11.9 Å². The number of aromatic nitrogens is 3. The van der Waals surface area contributed by atoms with Crippen LogP contribution in [0.2, 0.25) is 0 Å². The molecule has 6 nitrogen and oxygen atoms in total. The zero-order valence-corrected chi connectivity index (χ0v) is 9.53. The van der Waals surface area contributed by atoms with Crippen LogP contribution in [-0.4, -0.2) is 39.2 Å². The average Bonchev–Trinajstić information content (AvgIpc) is 2.50. The largest absolute Gasteiger partial charge is 0.336 e. The van der Waals surface area contributed by atoms with Crippen molar-refractivity contribution in [2.45, 2.75) is 33.4 Å². The molecule has 84 valence electrons. The second kappa shape index (κ2) is 4.77. The van der Waals surface area contributed by atoms with Gasteiger partial charge >= 0.3 is 6.03 Å². The Balaban J connectivity index is 2.48. The van der Waals surface area contributed by atoms with Crippen molar-refractivity contribution in [3.05, 3.63) is 11.6 Å². The standard InChI is InChI=1S/C9H17N5O/c1-6(2)10-9(15)14(4)5-8-11-7(3)12-13-8/h6H,5H2,1-4H3,(H,10,15)(H,11,12,13). The van der Waals surface area contributed by atoms with Crippen LogP contribution in [0.5, 0.6) is 0 Å². The number of hydrogen-bond acceptors (Lipinski definition) is 3. The number of H-pyrrole nitrogens is 1. The number of aromatic amines is 1. The maximum absolute atomic E-state index is 11.5. The first kappa shape index (κ1) is 11.5. The van der Waals surface area contributed by atoms with E-state index in [2.05, 4.69) is 20.5 Å². The molecule has 0 fully saturated rings. The molecule has 0 saturated carbocycles. The molecule has 1 aromatic rings. The maximum atomic E-state index is 11.5. The van der Waals surface area contributed by atoms with Gasteiger partial charge in [0, 0.05) is 13.1 Å². The Morgan fingerprint density at radius 1 is 1.60 bits per heavy atom. The molecule has 0 aliphatic heterocycles. The molecule has 0 atom stereocenters. The van der Waals surface area contributed by atoms with E-state index in [0.29, 0.717) is 12.4 Å². The SMILES string of the molecule is Cc1nc(CN(C)C(=O)NC(C)C)n[nH]1. The minimum Gasteiger partial charge on any atom is -0.336 e. The summed E-state index contributed by atoms with van der Waals surface area (Å²) in [6.45, 7) is 6.07. The van der Waals surface area contributed by atoms with Crippen LogP contribution in [-0.2, 0) is 6.54 Å². The van der Waals surface area contributed by atoms with Crippen LogP contribution < -0.4 is 5.32 Å². The molecule has 15 heavy (non-hydrogen) atoms. The van der Waals surface area contributed by atoms with Crippen LogP contribution in [0.15, 0.2) is 0 Å². The lowest BCUT2D eigenvalue weighted by atomic mass is 10.4. The first-order chi connectivity index (χ1) is 6.99. The molecule has 1 heterocycles. The van der Waals surface area contributed by atoms with Crippen molar-refractivity contribution in [1.82, 2.24) is 25.4 Å². The van der Waals surface area contributed by atoms with Crippen molar-refractivity contribution >= 4 is 6.03 Å². The van der Waals surface area contributed by atoms with Crippen molar-refractivity contribution < 1.29 is 4.79 Å². The number of carbonyl (C=O) groups is 1. The summed E-state index contributed by atoms with van der Waals surface area (Å²) in [4.78, 5) is 17.2. The lowest BCUT2D eigenvalue weighted by Gasteiger charge is -2.17. The van der Waals surface area contributed by atoms with Gasteiger partial charge in [0.1, 0.15) is 5.82 Å². The highest BCUT2D eigenvalue weighted by Gasteiger charge is 2.11. The predicted molar refractivity (Wildman–Crippen MR) is 56.3 cm³/mol. The van der Waals surface area contributed by atoms with Crippen LogP contribution in [0.4, 0.5) is 4.79 Å². The van der Waals surface area contributed by atoms with Crippen LogP contribution in [0, 0.1) is 6.92 Å². The Hall–Kier alpha value is -1.59. The second-order valence-electron chi connectivity index (χ2n) is 3.80. The van der Waals surface area contributed by atoms with E-state index >= 15 is 0 Å². The molecule has 0 aliphatic carbocycles. The Labute approximate surface area is 89.1 Å². The van der Waals surface area contributed by atoms with Gasteiger partial charge in [-0.15, -0.1) is 0 Å². The van der Waals surface area contributed by atoms with E-state index in [9.17, 15) is 4.79 Å². The Morgan fingerprint density at radius 3 is 2.73 bits per heavy atom. The fourth-order valence-electron chi connectivity index (χ4n) is 1.10. The number of hydrogen-bond donors (Lipinski definition) is 2. The number of carbonyl (C=O) groups excluding carboxylic acids is 1. The predicted octanol–water partition coefficient (Wildman–Crippen LogP) is 0.663. The molecule has 0 saturated heterocycles. The lowest BCUT2D eigenvalue weighted by Crippen LogP contribution is -2.40. The van der Waals surface area contributed by atoms with Gasteiger partial charge in [-0.1, -0.05) is 0 Å². The number of urea groups is 1. The Bertz CT molecular complexity index is 333. The fourth-order valence-corrected chi connectivity index (χ4v) is 1.10. The topological polar surface area (TPSA) is 73.9 Å². The third-order valence-electron chi connectivity index (χ3n) is 1.78. The zero-order valence-electron chi connectivity index (χ0n) is 9.53. The van der Waals surface area contributed by atoms with Gasteiger partial charge in [0.05, 0.1) is 6.54 Å². The third-order valence-corrected chi connectivity index (χ3v) is 1.78. The molecule has 0 aliphatic rings. The summed E-state index contributed by atoms with van der Waals surface area (Å²) < 4.78 is 0. The van der Waals surface area contributed by atoms with E-state index < -0.39 is 0 Å². The molecular formula is C9H17N5O. The smallest absolute Gasteiger partial charge is 0.317 e. The quantitative estimate of drug-likeness (QED) is 0.771. The van der Waals surface area contributed by atoms with Gasteiger partial charge in [-0.2, -0.15) is 5.10 Å². The van der Waals surface area contributed by atoms with Crippen molar-refractivity contribution in [1.29, 1.82) is 0 Å². The van der Waals surface area contributed by atoms with Crippen LogP contribution in [0.3, 0.4) is 0 Å². The van der Waals surface area contributed by atoms with Gasteiger partial charge in [-0.25, -0.2) is 9.78 Å². The van der Waals surface area contributed by atoms with E-state index in [-0.39, 0.29) is 12.1 Å². The van der Waals surface area contributed by atoms with E-state index in [1.165, 1.54) is 0 Å². The minimum absolute atomic E-state index is 0.118. The van der Waals surface area contributed by atoms with Gasteiger partial charge in [0.25, 0.3) is 0 Å². The van der Waals surface area contributed by atoms with Crippen molar-refractivity contribution in [2.24, 2.45) is 0 Å². The lowest BCUT2D eigenvalue weighted by molar-refractivity contribution is 0.203.